The highest BCUT2D eigenvalue weighted by atomic mass is 16.5. The Labute approximate surface area is 161 Å². The molecule has 27 heavy (non-hydrogen) atoms. The van der Waals surface area contributed by atoms with Crippen molar-refractivity contribution in [3.8, 4) is 5.75 Å². The van der Waals surface area contributed by atoms with Gasteiger partial charge in [-0.25, -0.2) is 0 Å². The average molecular weight is 373 g/mol. The van der Waals surface area contributed by atoms with Crippen LogP contribution in [0.3, 0.4) is 0 Å². The van der Waals surface area contributed by atoms with Crippen molar-refractivity contribution in [2.24, 2.45) is 0 Å². The van der Waals surface area contributed by atoms with Gasteiger partial charge in [-0.05, 0) is 37.3 Å². The Morgan fingerprint density at radius 1 is 1.22 bits per heavy atom. The molecular weight excluding hydrogens is 342 g/mol. The van der Waals surface area contributed by atoms with Crippen molar-refractivity contribution in [3.63, 3.8) is 0 Å². The lowest BCUT2D eigenvalue weighted by Crippen LogP contribution is -2.59. The van der Waals surface area contributed by atoms with Crippen molar-refractivity contribution < 1.29 is 14.3 Å². The first-order valence-electron chi connectivity index (χ1n) is 10.2. The van der Waals surface area contributed by atoms with Gasteiger partial charge in [0.25, 0.3) is 0 Å². The summed E-state index contributed by atoms with van der Waals surface area (Å²) < 4.78 is 11.0. The van der Waals surface area contributed by atoms with Crippen LogP contribution in [-0.2, 0) is 16.0 Å². The average Bonchev–Trinajstić information content (AvgIpc) is 3.17. The van der Waals surface area contributed by atoms with E-state index in [1.807, 2.05) is 12.1 Å². The maximum absolute atomic E-state index is 12.4. The molecule has 0 aromatic heterocycles. The predicted octanol–water partition coefficient (Wildman–Crippen LogP) is 1.64. The van der Waals surface area contributed by atoms with Crippen LogP contribution in [0, 0.1) is 0 Å². The molecule has 0 saturated carbocycles. The Kier molecular flexibility index (Phi) is 5.95. The first-order chi connectivity index (χ1) is 13.2. The van der Waals surface area contributed by atoms with E-state index >= 15 is 0 Å². The van der Waals surface area contributed by atoms with Crippen molar-refractivity contribution in [1.29, 1.82) is 0 Å². The van der Waals surface area contributed by atoms with E-state index in [0.717, 1.165) is 51.4 Å². The lowest BCUT2D eigenvalue weighted by molar-refractivity contribution is -0.129. The normalized spacial score (nSPS) is 30.3. The molecule has 4 rings (SSSR count). The zero-order valence-corrected chi connectivity index (χ0v) is 16.2. The summed E-state index contributed by atoms with van der Waals surface area (Å²) in [6.45, 7) is 4.50. The van der Waals surface area contributed by atoms with Crippen molar-refractivity contribution in [2.75, 3.05) is 40.0 Å². The van der Waals surface area contributed by atoms with Gasteiger partial charge >= 0.3 is 0 Å². The van der Waals surface area contributed by atoms with E-state index in [0.29, 0.717) is 18.5 Å². The maximum atomic E-state index is 12.4. The van der Waals surface area contributed by atoms with Crippen LogP contribution in [-0.4, -0.2) is 73.9 Å². The van der Waals surface area contributed by atoms with Crippen molar-refractivity contribution >= 4 is 5.91 Å². The number of piperidine rings is 1. The van der Waals surface area contributed by atoms with Crippen LogP contribution >= 0.6 is 0 Å². The first kappa shape index (κ1) is 18.7. The minimum Gasteiger partial charge on any atom is -0.496 e. The zero-order valence-electron chi connectivity index (χ0n) is 16.2. The third-order valence-electron chi connectivity index (χ3n) is 6.28. The van der Waals surface area contributed by atoms with Gasteiger partial charge in [-0.3, -0.25) is 14.6 Å². The molecule has 6 nitrogen and oxygen atoms in total. The molecule has 3 atom stereocenters. The summed E-state index contributed by atoms with van der Waals surface area (Å²) >= 11 is 0. The van der Waals surface area contributed by atoms with Crippen LogP contribution in [0.4, 0.5) is 0 Å². The van der Waals surface area contributed by atoms with E-state index < -0.39 is 0 Å². The predicted molar refractivity (Wildman–Crippen MR) is 104 cm³/mol. The number of carbonyl (C=O) groups is 1. The Morgan fingerprint density at radius 3 is 2.85 bits per heavy atom. The van der Waals surface area contributed by atoms with Crippen LogP contribution in [0.5, 0.6) is 5.75 Å². The van der Waals surface area contributed by atoms with E-state index in [1.165, 1.54) is 18.4 Å². The highest BCUT2D eigenvalue weighted by molar-refractivity contribution is 5.77. The molecular formula is C21H31N3O3. The molecule has 1 amide bonds. The molecule has 3 fully saturated rings. The molecule has 3 aliphatic rings. The molecule has 6 heteroatoms. The molecule has 2 unspecified atom stereocenters. The van der Waals surface area contributed by atoms with Crippen LogP contribution in [0.25, 0.3) is 0 Å². The summed E-state index contributed by atoms with van der Waals surface area (Å²) in [6.07, 6.45) is 5.09. The number of rotatable bonds is 5. The molecule has 3 saturated heterocycles. The van der Waals surface area contributed by atoms with Crippen LogP contribution in [0.1, 0.15) is 31.2 Å². The standard InChI is InChI=1S/C21H31N3O3/c1-26-19-7-3-2-5-16(19)13-17-6-4-8-24(17)20-14-18(15-21(25)22-20)23-9-11-27-12-10-23/h2-3,5,7,17-18,20H,4,6,8-15H2,1H3,(H,22,25)/t17-,18?,20?/m1/s1. The van der Waals surface area contributed by atoms with Crippen LogP contribution < -0.4 is 10.1 Å². The molecule has 3 aliphatic heterocycles. The summed E-state index contributed by atoms with van der Waals surface area (Å²) in [5, 5.41) is 3.27. The van der Waals surface area contributed by atoms with Gasteiger partial charge in [-0.1, -0.05) is 18.2 Å². The fourth-order valence-electron chi connectivity index (χ4n) is 4.91. The molecule has 3 heterocycles. The van der Waals surface area contributed by atoms with Crippen molar-refractivity contribution in [3.05, 3.63) is 29.8 Å². The fourth-order valence-corrected chi connectivity index (χ4v) is 4.91. The van der Waals surface area contributed by atoms with E-state index in [1.54, 1.807) is 7.11 Å². The highest BCUT2D eigenvalue weighted by Crippen LogP contribution is 2.30. The largest absolute Gasteiger partial charge is 0.496 e. The number of methoxy groups -OCH3 is 1. The van der Waals surface area contributed by atoms with Gasteiger partial charge in [-0.15, -0.1) is 0 Å². The lowest BCUT2D eigenvalue weighted by Gasteiger charge is -2.43. The molecule has 1 aromatic carbocycles. The van der Waals surface area contributed by atoms with Gasteiger partial charge in [0.15, 0.2) is 0 Å². The quantitative estimate of drug-likeness (QED) is 0.850. The Balaban J connectivity index is 1.45. The first-order valence-corrected chi connectivity index (χ1v) is 10.2. The van der Waals surface area contributed by atoms with Crippen LogP contribution in [0.2, 0.25) is 0 Å². The topological polar surface area (TPSA) is 54.0 Å². The molecule has 1 aromatic rings. The van der Waals surface area contributed by atoms with Gasteiger partial charge < -0.3 is 14.8 Å². The highest BCUT2D eigenvalue weighted by Gasteiger charge is 2.38. The van der Waals surface area contributed by atoms with E-state index in [-0.39, 0.29) is 12.1 Å². The second-order valence-corrected chi connectivity index (χ2v) is 7.88. The molecule has 0 radical (unpaired) electrons. The second-order valence-electron chi connectivity index (χ2n) is 7.88. The van der Waals surface area contributed by atoms with Gasteiger partial charge in [0.1, 0.15) is 5.75 Å². The summed E-state index contributed by atoms with van der Waals surface area (Å²) in [6, 6.07) is 9.07. The maximum Gasteiger partial charge on any atom is 0.222 e. The van der Waals surface area contributed by atoms with Crippen molar-refractivity contribution in [2.45, 2.75) is 50.4 Å². The number of benzene rings is 1. The molecule has 148 valence electrons. The zero-order chi connectivity index (χ0) is 18.6. The minimum absolute atomic E-state index is 0.140. The number of ether oxygens (including phenoxy) is 2. The lowest BCUT2D eigenvalue weighted by atomic mass is 9.98. The number of carbonyl (C=O) groups excluding carboxylic acids is 1. The third-order valence-corrected chi connectivity index (χ3v) is 6.28. The fraction of sp³-hybridized carbons (Fsp3) is 0.667. The summed E-state index contributed by atoms with van der Waals surface area (Å²) in [4.78, 5) is 17.4. The number of morpholine rings is 1. The number of hydrogen-bond acceptors (Lipinski definition) is 5. The second kappa shape index (κ2) is 8.59. The van der Waals surface area contributed by atoms with E-state index in [9.17, 15) is 4.79 Å². The van der Waals surface area contributed by atoms with Gasteiger partial charge in [-0.2, -0.15) is 0 Å². The van der Waals surface area contributed by atoms with E-state index in [2.05, 4.69) is 27.2 Å². The SMILES string of the molecule is COc1ccccc1C[C@H]1CCCN1C1CC(N2CCOCC2)CC(=O)N1. The van der Waals surface area contributed by atoms with Gasteiger partial charge in [0.05, 0.1) is 26.5 Å². The number of para-hydroxylation sites is 1. The number of hydrogen-bond donors (Lipinski definition) is 1. The van der Waals surface area contributed by atoms with E-state index in [4.69, 9.17) is 9.47 Å². The number of nitrogens with zero attached hydrogens (tertiary/aromatic N) is 2. The Bertz CT molecular complexity index is 647. The van der Waals surface area contributed by atoms with Gasteiger partial charge in [0.2, 0.25) is 5.91 Å². The molecule has 0 aliphatic carbocycles. The van der Waals surface area contributed by atoms with Gasteiger partial charge in [0, 0.05) is 38.1 Å². The number of amides is 1. The summed E-state index contributed by atoms with van der Waals surface area (Å²) in [5.41, 5.74) is 1.25. The summed E-state index contributed by atoms with van der Waals surface area (Å²) in [5.74, 6) is 1.15. The molecule has 0 bridgehead atoms. The molecule has 0 spiro atoms. The summed E-state index contributed by atoms with van der Waals surface area (Å²) in [7, 11) is 1.74. The Morgan fingerprint density at radius 2 is 2.04 bits per heavy atom. The number of likely N-dealkylation sites (tertiary alicyclic amines) is 1. The Hall–Kier alpha value is -1.63. The van der Waals surface area contributed by atoms with Crippen LogP contribution in [0.15, 0.2) is 24.3 Å². The third kappa shape index (κ3) is 4.28. The molecule has 1 N–H and O–H groups in total. The minimum atomic E-state index is 0.140. The number of nitrogens with one attached hydrogen (secondary N) is 1. The van der Waals surface area contributed by atoms with Crippen molar-refractivity contribution in [1.82, 2.24) is 15.1 Å². The smallest absolute Gasteiger partial charge is 0.222 e. The monoisotopic (exact) mass is 373 g/mol.